The van der Waals surface area contributed by atoms with E-state index < -0.39 is 12.2 Å². The molecule has 100 valence electrons. The van der Waals surface area contributed by atoms with Gasteiger partial charge in [-0.25, -0.2) is 0 Å². The number of anilines is 1. The van der Waals surface area contributed by atoms with Crippen LogP contribution in [0.15, 0.2) is 24.3 Å². The molecule has 0 aliphatic carbocycles. The van der Waals surface area contributed by atoms with Crippen molar-refractivity contribution in [3.8, 4) is 0 Å². The molecule has 1 aliphatic heterocycles. The molecule has 3 N–H and O–H groups in total. The summed E-state index contributed by atoms with van der Waals surface area (Å²) in [5.74, 6) is 0. The quantitative estimate of drug-likeness (QED) is 0.793. The van der Waals surface area contributed by atoms with E-state index in [1.165, 1.54) is 0 Å². The van der Waals surface area contributed by atoms with Gasteiger partial charge < -0.3 is 11.1 Å². The largest absolute Gasteiger partial charge is 0.405 e. The van der Waals surface area contributed by atoms with E-state index in [4.69, 9.17) is 5.73 Å². The van der Waals surface area contributed by atoms with Crippen LogP contribution in [0.2, 0.25) is 0 Å². The average molecular weight is 259 g/mol. The van der Waals surface area contributed by atoms with E-state index in [-0.39, 0.29) is 6.54 Å². The zero-order valence-electron chi connectivity index (χ0n) is 9.87. The van der Waals surface area contributed by atoms with Crippen LogP contribution in [0.25, 0.3) is 0 Å². The highest BCUT2D eigenvalue weighted by Crippen LogP contribution is 2.23. The fourth-order valence-corrected chi connectivity index (χ4v) is 2.06. The topological polar surface area (TPSA) is 41.3 Å². The number of nitrogens with two attached hydrogens (primary N) is 1. The number of halogens is 3. The lowest BCUT2D eigenvalue weighted by Gasteiger charge is -2.34. The maximum atomic E-state index is 12.6. The average Bonchev–Trinajstić information content (AvgIpc) is 2.31. The summed E-state index contributed by atoms with van der Waals surface area (Å²) in [4.78, 5) is 1.81. The number of alkyl halides is 3. The molecule has 0 amide bonds. The normalized spacial score (nSPS) is 22.1. The second-order valence-corrected chi connectivity index (χ2v) is 4.53. The van der Waals surface area contributed by atoms with E-state index in [9.17, 15) is 13.2 Å². The van der Waals surface area contributed by atoms with E-state index in [0.717, 1.165) is 5.56 Å². The molecular weight excluding hydrogens is 243 g/mol. The fraction of sp³-hybridized carbons (Fsp3) is 0.500. The zero-order valence-corrected chi connectivity index (χ0v) is 9.87. The first-order valence-corrected chi connectivity index (χ1v) is 5.82. The Balaban J connectivity index is 1.95. The lowest BCUT2D eigenvalue weighted by molar-refractivity contribution is -0.165. The molecule has 1 heterocycles. The molecule has 1 atom stereocenters. The van der Waals surface area contributed by atoms with Crippen LogP contribution >= 0.6 is 0 Å². The Morgan fingerprint density at radius 1 is 1.28 bits per heavy atom. The number of rotatable bonds is 2. The Hall–Kier alpha value is -1.27. The molecule has 0 aromatic heterocycles. The number of nitrogen functional groups attached to an aromatic ring is 1. The van der Waals surface area contributed by atoms with E-state index >= 15 is 0 Å². The van der Waals surface area contributed by atoms with Crippen molar-refractivity contribution in [3.05, 3.63) is 29.8 Å². The number of nitrogens with one attached hydrogen (secondary N) is 1. The van der Waals surface area contributed by atoms with Gasteiger partial charge in [0, 0.05) is 31.9 Å². The molecule has 6 heteroatoms. The van der Waals surface area contributed by atoms with Gasteiger partial charge in [-0.2, -0.15) is 13.2 Å². The van der Waals surface area contributed by atoms with Crippen molar-refractivity contribution in [1.82, 2.24) is 10.2 Å². The maximum Gasteiger partial charge on any atom is 0.405 e. The van der Waals surface area contributed by atoms with Gasteiger partial charge in [-0.1, -0.05) is 12.1 Å². The van der Waals surface area contributed by atoms with Gasteiger partial charge >= 0.3 is 6.18 Å². The zero-order chi connectivity index (χ0) is 13.2. The van der Waals surface area contributed by atoms with Gasteiger partial charge in [0.2, 0.25) is 0 Å². The highest BCUT2D eigenvalue weighted by atomic mass is 19.4. The molecule has 2 rings (SSSR count). The Morgan fingerprint density at radius 2 is 1.94 bits per heavy atom. The molecule has 3 nitrogen and oxygen atoms in total. The minimum absolute atomic E-state index is 0.00607. The predicted molar refractivity (Wildman–Crippen MR) is 64.0 cm³/mol. The highest BCUT2D eigenvalue weighted by molar-refractivity contribution is 5.39. The van der Waals surface area contributed by atoms with E-state index in [0.29, 0.717) is 25.3 Å². The van der Waals surface area contributed by atoms with Crippen LogP contribution in [0.4, 0.5) is 18.9 Å². The first kappa shape index (κ1) is 13.2. The Morgan fingerprint density at radius 3 is 2.56 bits per heavy atom. The fourth-order valence-electron chi connectivity index (χ4n) is 2.06. The van der Waals surface area contributed by atoms with Gasteiger partial charge in [0.05, 0.1) is 0 Å². The van der Waals surface area contributed by atoms with E-state index in [2.05, 4.69) is 5.32 Å². The summed E-state index contributed by atoms with van der Waals surface area (Å²) in [5, 5.41) is 2.50. The summed E-state index contributed by atoms with van der Waals surface area (Å²) in [7, 11) is 0. The maximum absolute atomic E-state index is 12.6. The van der Waals surface area contributed by atoms with Crippen LogP contribution in [0.5, 0.6) is 0 Å². The van der Waals surface area contributed by atoms with Crippen molar-refractivity contribution in [3.63, 3.8) is 0 Å². The molecule has 18 heavy (non-hydrogen) atoms. The summed E-state index contributed by atoms with van der Waals surface area (Å²) in [6, 6.07) is 5.79. The monoisotopic (exact) mass is 259 g/mol. The molecule has 1 fully saturated rings. The van der Waals surface area contributed by atoms with Gasteiger partial charge in [-0.05, 0) is 17.7 Å². The smallest absolute Gasteiger partial charge is 0.399 e. The number of hydrogen-bond acceptors (Lipinski definition) is 3. The van der Waals surface area contributed by atoms with Crippen LogP contribution < -0.4 is 11.1 Å². The molecule has 1 aliphatic rings. The predicted octanol–water partition coefficient (Wildman–Crippen LogP) is 1.60. The first-order chi connectivity index (χ1) is 8.45. The minimum atomic E-state index is -4.18. The van der Waals surface area contributed by atoms with Crippen molar-refractivity contribution in [1.29, 1.82) is 0 Å². The van der Waals surface area contributed by atoms with Crippen LogP contribution in [0, 0.1) is 0 Å². The molecule has 0 spiro atoms. The molecule has 1 aromatic rings. The molecular formula is C12H16F3N3. The Kier molecular flexibility index (Phi) is 3.77. The van der Waals surface area contributed by atoms with Crippen molar-refractivity contribution in [2.24, 2.45) is 0 Å². The number of benzene rings is 1. The standard InChI is InChI=1S/C12H16F3N3/c13-12(14,15)11-8-18(6-5-17-11)7-9-1-3-10(16)4-2-9/h1-4,11,17H,5-8,16H2. The summed E-state index contributed by atoms with van der Waals surface area (Å²) in [5.41, 5.74) is 7.20. The second-order valence-electron chi connectivity index (χ2n) is 4.53. The van der Waals surface area contributed by atoms with Gasteiger partial charge in [-0.15, -0.1) is 0 Å². The highest BCUT2D eigenvalue weighted by Gasteiger charge is 2.41. The number of nitrogens with zero attached hydrogens (tertiary/aromatic N) is 1. The van der Waals surface area contributed by atoms with Crippen LogP contribution in [-0.2, 0) is 6.54 Å². The van der Waals surface area contributed by atoms with Crippen molar-refractivity contribution in [2.75, 3.05) is 25.4 Å². The van der Waals surface area contributed by atoms with Gasteiger partial charge in [0.15, 0.2) is 0 Å². The van der Waals surface area contributed by atoms with Crippen molar-refractivity contribution < 1.29 is 13.2 Å². The Bertz CT molecular complexity index is 389. The molecule has 1 unspecified atom stereocenters. The molecule has 0 saturated carbocycles. The summed E-state index contributed by atoms with van der Waals surface area (Å²) < 4.78 is 37.8. The third-order valence-electron chi connectivity index (χ3n) is 3.04. The summed E-state index contributed by atoms with van der Waals surface area (Å²) in [6.45, 7) is 1.50. The van der Waals surface area contributed by atoms with Crippen LogP contribution in [-0.4, -0.2) is 36.8 Å². The van der Waals surface area contributed by atoms with Crippen molar-refractivity contribution >= 4 is 5.69 Å². The van der Waals surface area contributed by atoms with E-state index in [1.54, 1.807) is 17.0 Å². The van der Waals surface area contributed by atoms with E-state index in [1.807, 2.05) is 12.1 Å². The van der Waals surface area contributed by atoms with Crippen molar-refractivity contribution in [2.45, 2.75) is 18.8 Å². The summed E-state index contributed by atoms with van der Waals surface area (Å²) in [6.07, 6.45) is -4.18. The third kappa shape index (κ3) is 3.36. The van der Waals surface area contributed by atoms with Gasteiger partial charge in [0.25, 0.3) is 0 Å². The first-order valence-electron chi connectivity index (χ1n) is 5.82. The minimum Gasteiger partial charge on any atom is -0.399 e. The van der Waals surface area contributed by atoms with Gasteiger partial charge in [0.1, 0.15) is 6.04 Å². The SMILES string of the molecule is Nc1ccc(CN2CCNC(C(F)(F)F)C2)cc1. The summed E-state index contributed by atoms with van der Waals surface area (Å²) >= 11 is 0. The van der Waals surface area contributed by atoms with Crippen LogP contribution in [0.1, 0.15) is 5.56 Å². The molecule has 0 bridgehead atoms. The number of piperazine rings is 1. The number of hydrogen-bond donors (Lipinski definition) is 2. The second kappa shape index (κ2) is 5.16. The molecule has 1 aromatic carbocycles. The van der Waals surface area contributed by atoms with Gasteiger partial charge in [-0.3, -0.25) is 4.90 Å². The lowest BCUT2D eigenvalue weighted by Crippen LogP contribution is -2.56. The molecule has 0 radical (unpaired) electrons. The molecule has 1 saturated heterocycles. The van der Waals surface area contributed by atoms with Crippen LogP contribution in [0.3, 0.4) is 0 Å². The Labute approximate surface area is 104 Å². The third-order valence-corrected chi connectivity index (χ3v) is 3.04. The lowest BCUT2D eigenvalue weighted by atomic mass is 10.1.